The Morgan fingerprint density at radius 1 is 1.33 bits per heavy atom. The zero-order chi connectivity index (χ0) is 12.2. The van der Waals surface area contributed by atoms with Gasteiger partial charge in [-0.25, -0.2) is 0 Å². The minimum atomic E-state index is -4.67. The second-order valence-corrected chi connectivity index (χ2v) is 2.89. The molecule has 1 heterocycles. The van der Waals surface area contributed by atoms with E-state index in [9.17, 15) is 8.78 Å². The molecule has 15 heavy (non-hydrogen) atoms. The summed E-state index contributed by atoms with van der Waals surface area (Å²) in [6.07, 6.45) is 0. The summed E-state index contributed by atoms with van der Waals surface area (Å²) >= 11 is 0. The molecule has 0 aliphatic carbocycles. The van der Waals surface area contributed by atoms with Crippen molar-refractivity contribution in [2.75, 3.05) is 11.5 Å². The standard InChI is InChI=1S/C3H5F2N5.H2O4S/c4-1(5)10-3(7)8-2(6)9-10;1-5(2,3)4/h1H,(H4,6,7,8,9);(H2,1,2,3,4). The smallest absolute Gasteiger partial charge is 0.368 e. The first kappa shape index (κ1) is 13.5. The van der Waals surface area contributed by atoms with Crippen molar-refractivity contribution in [2.24, 2.45) is 0 Å². The summed E-state index contributed by atoms with van der Waals surface area (Å²) in [6.45, 7) is -2.79. The molecular formula is C3H7F2N5O4S. The van der Waals surface area contributed by atoms with Crippen LogP contribution < -0.4 is 11.5 Å². The molecule has 6 N–H and O–H groups in total. The molecule has 1 rings (SSSR count). The molecule has 0 fully saturated rings. The van der Waals surface area contributed by atoms with Crippen molar-refractivity contribution in [2.45, 2.75) is 6.55 Å². The summed E-state index contributed by atoms with van der Waals surface area (Å²) in [4.78, 5) is 3.26. The minimum Gasteiger partial charge on any atom is -0.368 e. The van der Waals surface area contributed by atoms with Gasteiger partial charge in [0.05, 0.1) is 0 Å². The van der Waals surface area contributed by atoms with E-state index in [1.54, 1.807) is 0 Å². The summed E-state index contributed by atoms with van der Waals surface area (Å²) in [6, 6.07) is 0. The van der Waals surface area contributed by atoms with Crippen LogP contribution in [0.5, 0.6) is 0 Å². The molecule has 0 spiro atoms. The second-order valence-electron chi connectivity index (χ2n) is 2.00. The first-order valence-electron chi connectivity index (χ1n) is 3.06. The lowest BCUT2D eigenvalue weighted by Crippen LogP contribution is -2.05. The Morgan fingerprint density at radius 2 is 1.73 bits per heavy atom. The zero-order valence-electron chi connectivity index (χ0n) is 6.95. The molecule has 0 amide bonds. The Labute approximate surface area is 82.3 Å². The number of anilines is 2. The van der Waals surface area contributed by atoms with Crippen molar-refractivity contribution < 1.29 is 26.3 Å². The lowest BCUT2D eigenvalue weighted by molar-refractivity contribution is 0.0592. The molecule has 1 aromatic heterocycles. The maximum atomic E-state index is 11.8. The Kier molecular flexibility index (Phi) is 4.32. The van der Waals surface area contributed by atoms with E-state index < -0.39 is 16.9 Å². The Morgan fingerprint density at radius 3 is 1.87 bits per heavy atom. The first-order valence-corrected chi connectivity index (χ1v) is 4.46. The number of halogens is 2. The van der Waals surface area contributed by atoms with Gasteiger partial charge in [0.15, 0.2) is 0 Å². The molecule has 1 aromatic rings. The van der Waals surface area contributed by atoms with Gasteiger partial charge in [-0.2, -0.15) is 26.9 Å². The van der Waals surface area contributed by atoms with Gasteiger partial charge < -0.3 is 11.5 Å². The fraction of sp³-hybridized carbons (Fsp3) is 0.333. The fourth-order valence-corrected chi connectivity index (χ4v) is 0.496. The third-order valence-corrected chi connectivity index (χ3v) is 0.859. The molecule has 0 aliphatic rings. The number of aromatic nitrogens is 3. The highest BCUT2D eigenvalue weighted by atomic mass is 32.3. The number of hydrogen-bond acceptors (Lipinski definition) is 6. The summed E-state index contributed by atoms with van der Waals surface area (Å²) in [5.74, 6) is -0.634. The van der Waals surface area contributed by atoms with E-state index >= 15 is 0 Å². The molecule has 0 saturated carbocycles. The highest BCUT2D eigenvalue weighted by Crippen LogP contribution is 2.12. The SMILES string of the molecule is Nc1nc(N)n(C(F)F)n1.O=S(=O)(O)O. The average Bonchev–Trinajstić information content (AvgIpc) is 2.25. The van der Waals surface area contributed by atoms with Gasteiger partial charge >= 0.3 is 16.9 Å². The lowest BCUT2D eigenvalue weighted by Gasteiger charge is -1.96. The number of nitrogen functional groups attached to an aromatic ring is 2. The molecule has 0 unspecified atom stereocenters. The van der Waals surface area contributed by atoms with Crippen LogP contribution in [0.1, 0.15) is 6.55 Å². The van der Waals surface area contributed by atoms with Crippen LogP contribution in [0.3, 0.4) is 0 Å². The van der Waals surface area contributed by atoms with Crippen molar-refractivity contribution in [3.63, 3.8) is 0 Å². The topological polar surface area (TPSA) is 157 Å². The van der Waals surface area contributed by atoms with Crippen LogP contribution in [0.25, 0.3) is 0 Å². The van der Waals surface area contributed by atoms with Gasteiger partial charge in [0.25, 0.3) is 0 Å². The molecule has 12 heteroatoms. The second kappa shape index (κ2) is 4.81. The van der Waals surface area contributed by atoms with Crippen LogP contribution in [0.2, 0.25) is 0 Å². The maximum absolute atomic E-state index is 11.8. The highest BCUT2D eigenvalue weighted by molar-refractivity contribution is 7.79. The van der Waals surface area contributed by atoms with E-state index in [1.165, 1.54) is 0 Å². The number of rotatable bonds is 1. The van der Waals surface area contributed by atoms with Gasteiger partial charge in [-0.3, -0.25) is 9.11 Å². The van der Waals surface area contributed by atoms with Crippen molar-refractivity contribution in [3.8, 4) is 0 Å². The van der Waals surface area contributed by atoms with Gasteiger partial charge in [-0.1, -0.05) is 0 Å². The van der Waals surface area contributed by atoms with E-state index in [1.807, 2.05) is 0 Å². The third kappa shape index (κ3) is 6.53. The molecule has 0 aliphatic heterocycles. The van der Waals surface area contributed by atoms with Crippen molar-refractivity contribution in [1.29, 1.82) is 0 Å². The average molecular weight is 247 g/mol. The molecular weight excluding hydrogens is 240 g/mol. The van der Waals surface area contributed by atoms with Crippen LogP contribution >= 0.6 is 0 Å². The predicted octanol–water partition coefficient (Wildman–Crippen LogP) is -0.815. The third-order valence-electron chi connectivity index (χ3n) is 0.859. The van der Waals surface area contributed by atoms with Crippen LogP contribution in [-0.2, 0) is 10.4 Å². The van der Waals surface area contributed by atoms with E-state index in [-0.39, 0.29) is 16.6 Å². The largest absolute Gasteiger partial charge is 0.394 e. The van der Waals surface area contributed by atoms with Crippen LogP contribution in [0, 0.1) is 0 Å². The minimum absolute atomic E-state index is 0.245. The van der Waals surface area contributed by atoms with E-state index in [0.29, 0.717) is 0 Å². The number of nitrogens with zero attached hydrogens (tertiary/aromatic N) is 3. The van der Waals surface area contributed by atoms with Gasteiger partial charge in [0.2, 0.25) is 11.9 Å². The quantitative estimate of drug-likeness (QED) is 0.469. The van der Waals surface area contributed by atoms with Gasteiger partial charge in [-0.15, -0.1) is 5.10 Å². The Balaban J connectivity index is 0.000000336. The van der Waals surface area contributed by atoms with E-state index in [0.717, 1.165) is 0 Å². The van der Waals surface area contributed by atoms with Crippen molar-refractivity contribution >= 4 is 22.3 Å². The zero-order valence-corrected chi connectivity index (χ0v) is 7.77. The monoisotopic (exact) mass is 247 g/mol. The molecule has 0 saturated heterocycles. The highest BCUT2D eigenvalue weighted by Gasteiger charge is 2.12. The first-order chi connectivity index (χ1) is 6.61. The Hall–Kier alpha value is -1.53. The van der Waals surface area contributed by atoms with E-state index in [4.69, 9.17) is 29.0 Å². The normalized spacial score (nSPS) is 11.0. The van der Waals surface area contributed by atoms with Gasteiger partial charge in [0, 0.05) is 0 Å². The summed E-state index contributed by atoms with van der Waals surface area (Å²) in [5.41, 5.74) is 9.93. The van der Waals surface area contributed by atoms with Crippen LogP contribution in [0.4, 0.5) is 20.7 Å². The van der Waals surface area contributed by atoms with Gasteiger partial charge in [-0.05, 0) is 0 Å². The number of nitrogens with two attached hydrogens (primary N) is 2. The summed E-state index contributed by atoms with van der Waals surface area (Å²) in [5, 5.41) is 3.12. The molecule has 0 atom stereocenters. The number of hydrogen-bond donors (Lipinski definition) is 4. The predicted molar refractivity (Wildman–Crippen MR) is 44.3 cm³/mol. The molecule has 0 bridgehead atoms. The van der Waals surface area contributed by atoms with Gasteiger partial charge in [0.1, 0.15) is 0 Å². The molecule has 0 radical (unpaired) electrons. The Bertz CT molecular complexity index is 408. The molecule has 88 valence electrons. The summed E-state index contributed by atoms with van der Waals surface area (Å²) < 4.78 is 55.4. The summed E-state index contributed by atoms with van der Waals surface area (Å²) in [7, 11) is -4.67. The molecule has 9 nitrogen and oxygen atoms in total. The molecule has 0 aromatic carbocycles. The number of alkyl halides is 2. The van der Waals surface area contributed by atoms with Crippen molar-refractivity contribution in [3.05, 3.63) is 0 Å². The van der Waals surface area contributed by atoms with Crippen molar-refractivity contribution in [1.82, 2.24) is 14.8 Å². The van der Waals surface area contributed by atoms with E-state index in [2.05, 4.69) is 10.1 Å². The fourth-order valence-electron chi connectivity index (χ4n) is 0.496. The maximum Gasteiger partial charge on any atom is 0.394 e. The van der Waals surface area contributed by atoms with Crippen LogP contribution in [0.15, 0.2) is 0 Å². The van der Waals surface area contributed by atoms with Crippen LogP contribution in [-0.4, -0.2) is 32.3 Å². The lowest BCUT2D eigenvalue weighted by atomic mass is 11.0.